The molecule has 132 valence electrons. The van der Waals surface area contributed by atoms with Crippen molar-refractivity contribution in [3.8, 4) is 5.95 Å². The van der Waals surface area contributed by atoms with Crippen molar-refractivity contribution in [3.05, 3.63) is 51.7 Å². The number of nitrogens with zero attached hydrogens (tertiary/aromatic N) is 6. The predicted octanol–water partition coefficient (Wildman–Crippen LogP) is 0.657. The number of nitrogens with one attached hydrogen (secondary N) is 1. The third-order valence-corrected chi connectivity index (χ3v) is 4.03. The number of hydrogen-bond donors (Lipinski definition) is 2. The van der Waals surface area contributed by atoms with Crippen LogP contribution in [0.15, 0.2) is 28.0 Å². The summed E-state index contributed by atoms with van der Waals surface area (Å²) in [7, 11) is 0. The van der Waals surface area contributed by atoms with Crippen molar-refractivity contribution in [3.63, 3.8) is 0 Å². The van der Waals surface area contributed by atoms with Gasteiger partial charge in [0.1, 0.15) is 5.76 Å². The van der Waals surface area contributed by atoms with Gasteiger partial charge in [-0.15, -0.1) is 0 Å². The van der Waals surface area contributed by atoms with E-state index >= 15 is 0 Å². The molecule has 0 aromatic carbocycles. The van der Waals surface area contributed by atoms with E-state index in [9.17, 15) is 9.59 Å². The predicted molar refractivity (Wildman–Crippen MR) is 87.3 cm³/mol. The Hall–Kier alpha value is -3.76. The molecule has 0 radical (unpaired) electrons. The van der Waals surface area contributed by atoms with Gasteiger partial charge in [-0.25, -0.2) is 14.5 Å². The molecule has 11 nitrogen and oxygen atoms in total. The zero-order valence-corrected chi connectivity index (χ0v) is 13.8. The van der Waals surface area contributed by atoms with E-state index in [0.717, 1.165) is 11.3 Å². The number of aromatic nitrogens is 7. The highest BCUT2D eigenvalue weighted by Gasteiger charge is 2.16. The number of imidazole rings is 1. The van der Waals surface area contributed by atoms with Crippen LogP contribution in [-0.2, 0) is 6.54 Å². The molecule has 0 unspecified atom stereocenters. The summed E-state index contributed by atoms with van der Waals surface area (Å²) in [6, 6.07) is 0. The zero-order chi connectivity index (χ0) is 18.4. The van der Waals surface area contributed by atoms with Crippen molar-refractivity contribution in [1.29, 1.82) is 0 Å². The zero-order valence-electron chi connectivity index (χ0n) is 13.8. The Bertz CT molecular complexity index is 1180. The molecule has 4 rings (SSSR count). The van der Waals surface area contributed by atoms with Crippen LogP contribution in [-0.4, -0.2) is 45.5 Å². The van der Waals surface area contributed by atoms with Gasteiger partial charge in [0.2, 0.25) is 5.95 Å². The van der Waals surface area contributed by atoms with Crippen LogP contribution in [0.4, 0.5) is 0 Å². The number of hydrogen-bond acceptors (Lipinski definition) is 7. The van der Waals surface area contributed by atoms with Gasteiger partial charge in [0.05, 0.1) is 30.3 Å². The third kappa shape index (κ3) is 2.46. The first-order valence-corrected chi connectivity index (χ1v) is 7.59. The molecule has 0 aliphatic rings. The van der Waals surface area contributed by atoms with Gasteiger partial charge in [-0.1, -0.05) is 5.16 Å². The fraction of sp³-hybridized carbons (Fsp3) is 0.200. The van der Waals surface area contributed by atoms with Crippen LogP contribution in [0.1, 0.15) is 27.4 Å². The topological polar surface area (TPSA) is 145 Å². The first-order chi connectivity index (χ1) is 12.4. The van der Waals surface area contributed by atoms with Gasteiger partial charge in [-0.05, 0) is 13.8 Å². The summed E-state index contributed by atoms with van der Waals surface area (Å²) in [5.74, 6) is -0.371. The number of aromatic amines is 1. The quantitative estimate of drug-likeness (QED) is 0.543. The van der Waals surface area contributed by atoms with Crippen molar-refractivity contribution in [1.82, 2.24) is 34.5 Å². The van der Waals surface area contributed by atoms with Crippen LogP contribution in [0.2, 0.25) is 0 Å². The van der Waals surface area contributed by atoms with Crippen molar-refractivity contribution >= 4 is 17.1 Å². The monoisotopic (exact) mass is 355 g/mol. The first-order valence-electron chi connectivity index (χ1n) is 7.59. The van der Waals surface area contributed by atoms with E-state index < -0.39 is 11.5 Å². The molecule has 0 spiro atoms. The SMILES string of the molecule is Cc1noc(C)c1Cn1cnc2nc(-n3cc(C(=O)O)cn3)[nH]c(=O)c21. The van der Waals surface area contributed by atoms with Crippen LogP contribution in [0.25, 0.3) is 17.1 Å². The molecule has 0 saturated carbocycles. The molecule has 0 bridgehead atoms. The lowest BCUT2D eigenvalue weighted by atomic mass is 10.2. The van der Waals surface area contributed by atoms with E-state index in [4.69, 9.17) is 9.63 Å². The van der Waals surface area contributed by atoms with Gasteiger partial charge in [0.25, 0.3) is 5.56 Å². The highest BCUT2D eigenvalue weighted by Crippen LogP contribution is 2.16. The van der Waals surface area contributed by atoms with Crippen molar-refractivity contribution in [2.75, 3.05) is 0 Å². The Morgan fingerprint density at radius 2 is 2.19 bits per heavy atom. The molecule has 4 aromatic rings. The Morgan fingerprint density at radius 1 is 1.38 bits per heavy atom. The van der Waals surface area contributed by atoms with E-state index in [1.807, 2.05) is 6.92 Å². The largest absolute Gasteiger partial charge is 0.478 e. The number of carboxylic acid groups (broad SMARTS) is 1. The van der Waals surface area contributed by atoms with E-state index in [1.54, 1.807) is 11.5 Å². The van der Waals surface area contributed by atoms with Gasteiger partial charge in [-0.3, -0.25) is 9.78 Å². The minimum atomic E-state index is -1.12. The molecule has 0 saturated heterocycles. The van der Waals surface area contributed by atoms with Crippen molar-refractivity contribution in [2.45, 2.75) is 20.4 Å². The summed E-state index contributed by atoms with van der Waals surface area (Å²) < 4.78 is 7.97. The number of carbonyl (C=O) groups is 1. The van der Waals surface area contributed by atoms with Crippen molar-refractivity contribution < 1.29 is 14.4 Å². The highest BCUT2D eigenvalue weighted by atomic mass is 16.5. The maximum atomic E-state index is 12.5. The number of carboxylic acids is 1. The van der Waals surface area contributed by atoms with E-state index in [1.165, 1.54) is 23.4 Å². The lowest BCUT2D eigenvalue weighted by Gasteiger charge is -2.04. The van der Waals surface area contributed by atoms with Gasteiger partial charge < -0.3 is 14.2 Å². The van der Waals surface area contributed by atoms with E-state index in [-0.39, 0.29) is 17.2 Å². The average molecular weight is 355 g/mol. The van der Waals surface area contributed by atoms with Crippen molar-refractivity contribution in [2.24, 2.45) is 0 Å². The molecule has 4 heterocycles. The van der Waals surface area contributed by atoms with Gasteiger partial charge in [-0.2, -0.15) is 10.1 Å². The molecule has 26 heavy (non-hydrogen) atoms. The fourth-order valence-electron chi connectivity index (χ4n) is 2.65. The maximum Gasteiger partial charge on any atom is 0.338 e. The summed E-state index contributed by atoms with van der Waals surface area (Å²) in [5.41, 5.74) is 1.69. The number of aryl methyl sites for hydroxylation is 2. The number of fused-ring (bicyclic) bond motifs is 1. The summed E-state index contributed by atoms with van der Waals surface area (Å²) in [4.78, 5) is 34.5. The lowest BCUT2D eigenvalue weighted by molar-refractivity contribution is 0.0697. The molecule has 4 aromatic heterocycles. The molecular weight excluding hydrogens is 342 g/mol. The summed E-state index contributed by atoms with van der Waals surface area (Å²) in [6.07, 6.45) is 3.93. The molecule has 2 N–H and O–H groups in total. The minimum Gasteiger partial charge on any atom is -0.478 e. The van der Waals surface area contributed by atoms with Crippen LogP contribution >= 0.6 is 0 Å². The Balaban J connectivity index is 1.78. The number of aromatic carboxylic acids is 1. The van der Waals surface area contributed by atoms with Crippen LogP contribution in [0.3, 0.4) is 0 Å². The fourth-order valence-corrected chi connectivity index (χ4v) is 2.65. The standard InChI is InChI=1S/C15H13N7O4/c1-7-10(8(2)26-20-7)5-21-6-16-12-11(21)13(23)19-15(18-12)22-4-9(3-17-22)14(24)25/h3-4,6H,5H2,1-2H3,(H,24,25)(H,18,19,23). The van der Waals surface area contributed by atoms with Crippen LogP contribution < -0.4 is 5.56 Å². The smallest absolute Gasteiger partial charge is 0.338 e. The Labute approximate surface area is 144 Å². The molecule has 0 aliphatic carbocycles. The molecule has 0 fully saturated rings. The minimum absolute atomic E-state index is 0.0170. The number of rotatable bonds is 4. The Kier molecular flexibility index (Phi) is 3.42. The lowest BCUT2D eigenvalue weighted by Crippen LogP contribution is -2.16. The second-order valence-electron chi connectivity index (χ2n) is 5.72. The molecule has 0 amide bonds. The van der Waals surface area contributed by atoms with E-state index in [2.05, 4.69) is 25.2 Å². The average Bonchev–Trinajstić information content (AvgIpc) is 3.30. The summed E-state index contributed by atoms with van der Waals surface area (Å²) >= 11 is 0. The van der Waals surface area contributed by atoms with Gasteiger partial charge in [0, 0.05) is 11.8 Å². The second-order valence-corrected chi connectivity index (χ2v) is 5.72. The highest BCUT2D eigenvalue weighted by molar-refractivity contribution is 5.86. The second kappa shape index (κ2) is 5.65. The molecule has 11 heteroatoms. The molecular formula is C15H13N7O4. The van der Waals surface area contributed by atoms with Crippen LogP contribution in [0.5, 0.6) is 0 Å². The van der Waals surface area contributed by atoms with Crippen LogP contribution in [0, 0.1) is 13.8 Å². The van der Waals surface area contributed by atoms with Gasteiger partial charge >= 0.3 is 5.97 Å². The first kappa shape index (κ1) is 15.7. The Morgan fingerprint density at radius 3 is 2.85 bits per heavy atom. The third-order valence-electron chi connectivity index (χ3n) is 4.03. The normalized spacial score (nSPS) is 11.3. The number of H-pyrrole nitrogens is 1. The summed E-state index contributed by atoms with van der Waals surface area (Å²) in [5, 5.41) is 16.8. The maximum absolute atomic E-state index is 12.5. The summed E-state index contributed by atoms with van der Waals surface area (Å²) in [6.45, 7) is 3.99. The van der Waals surface area contributed by atoms with E-state index in [0.29, 0.717) is 17.8 Å². The molecule has 0 aliphatic heterocycles. The molecule has 0 atom stereocenters. The van der Waals surface area contributed by atoms with Gasteiger partial charge in [0.15, 0.2) is 11.2 Å².